The molecule has 0 unspecified atom stereocenters. The summed E-state index contributed by atoms with van der Waals surface area (Å²) in [6.45, 7) is 7.62. The number of H-pyrrole nitrogens is 2. The molecule has 7 aromatic rings. The first-order valence-electron chi connectivity index (χ1n) is 29.9. The Morgan fingerprint density at radius 1 is 0.239 bits per heavy atom. The summed E-state index contributed by atoms with van der Waals surface area (Å²) in [5.41, 5.74) is 6.61. The zero-order valence-corrected chi connectivity index (χ0v) is 61.0. The Labute approximate surface area is 557 Å². The van der Waals surface area contributed by atoms with E-state index in [0.29, 0.717) is 45.9 Å². The molecule has 16 nitrogen and oxygen atoms in total. The molecule has 0 radical (unpaired) electrons. The highest BCUT2D eigenvalue weighted by molar-refractivity contribution is 8.03. The molecule has 0 spiro atoms. The highest BCUT2D eigenvalue weighted by Crippen LogP contribution is 2.46. The van der Waals surface area contributed by atoms with Gasteiger partial charge in [0.25, 0.3) is 0 Å². The molecule has 0 amide bonds. The van der Waals surface area contributed by atoms with Crippen molar-refractivity contribution in [3.8, 4) is 45.6 Å². The van der Waals surface area contributed by atoms with Crippen molar-refractivity contribution in [2.75, 3.05) is 211 Å². The number of hydrogen-bond donors (Lipinski definition) is 2. The molecule has 8 bridgehead atoms. The molecule has 0 saturated carbocycles. The Morgan fingerprint density at radius 3 is 0.557 bits per heavy atom. The van der Waals surface area contributed by atoms with Gasteiger partial charge in [0.05, 0.1) is 0 Å². The quantitative estimate of drug-likeness (QED) is 0.0387. The van der Waals surface area contributed by atoms with Crippen LogP contribution in [0.15, 0.2) is 87.7 Å². The molecule has 474 valence electrons. The van der Waals surface area contributed by atoms with Crippen LogP contribution in [0.4, 0.5) is 0 Å². The van der Waals surface area contributed by atoms with Crippen molar-refractivity contribution in [2.24, 2.45) is 0 Å². The van der Waals surface area contributed by atoms with Crippen LogP contribution in [0, 0.1) is 0 Å². The fourth-order valence-electron chi connectivity index (χ4n) is 9.42. The summed E-state index contributed by atoms with van der Waals surface area (Å²) in [5.74, 6) is 9.98. The number of benzene rings is 4. The summed E-state index contributed by atoms with van der Waals surface area (Å²) in [6.07, 6.45) is 0. The van der Waals surface area contributed by atoms with Gasteiger partial charge in [0.1, 0.15) is 22.6 Å². The number of hydrogen-bond acceptors (Lipinski definition) is 22. The monoisotopic (exact) mass is 1340 g/mol. The largest absolute Gasteiger partial charge is 0.324 e. The molecule has 2 aliphatic rings. The second kappa shape index (κ2) is 32.5. The van der Waals surface area contributed by atoms with Crippen molar-refractivity contribution >= 4 is 138 Å². The molecule has 2 aliphatic heterocycles. The first kappa shape index (κ1) is 69.1. The third-order valence-corrected chi connectivity index (χ3v) is 23.3. The van der Waals surface area contributed by atoms with Gasteiger partial charge >= 0.3 is 0 Å². The van der Waals surface area contributed by atoms with Crippen LogP contribution in [0.1, 0.15) is 0 Å². The average Bonchev–Trinajstić information content (AvgIpc) is 3.70. The van der Waals surface area contributed by atoms with E-state index < -0.39 is 0 Å². The highest BCUT2D eigenvalue weighted by atomic mass is 32.2. The van der Waals surface area contributed by atoms with Crippen LogP contribution in [0.25, 0.3) is 89.7 Å². The van der Waals surface area contributed by atoms with Crippen LogP contribution in [0.3, 0.4) is 0 Å². The van der Waals surface area contributed by atoms with Crippen molar-refractivity contribution in [3.05, 3.63) is 48.5 Å². The average molecular weight is 1340 g/mol. The van der Waals surface area contributed by atoms with E-state index in [4.69, 9.17) is 29.9 Å². The predicted molar refractivity (Wildman–Crippen MR) is 390 cm³/mol. The van der Waals surface area contributed by atoms with E-state index >= 15 is 0 Å². The summed E-state index contributed by atoms with van der Waals surface area (Å²) in [4.78, 5) is 69.3. The van der Waals surface area contributed by atoms with Crippen molar-refractivity contribution in [2.45, 2.75) is 39.2 Å². The molecule has 0 atom stereocenters. The molecular weight excluding hydrogens is 1250 g/mol. The lowest BCUT2D eigenvalue weighted by Gasteiger charge is -2.15. The molecule has 0 aliphatic carbocycles. The fourth-order valence-corrected chi connectivity index (χ4v) is 19.5. The van der Waals surface area contributed by atoms with E-state index in [1.807, 2.05) is 94.1 Å². The van der Waals surface area contributed by atoms with E-state index in [1.54, 1.807) is 0 Å². The highest BCUT2D eigenvalue weighted by Gasteiger charge is 2.27. The van der Waals surface area contributed by atoms with Gasteiger partial charge in [0.2, 0.25) is 0 Å². The lowest BCUT2D eigenvalue weighted by molar-refractivity contribution is 0.437. The maximum Gasteiger partial charge on any atom is 0.164 e. The van der Waals surface area contributed by atoms with Gasteiger partial charge in [0.15, 0.2) is 23.3 Å². The minimum Gasteiger partial charge on any atom is -0.324 e. The first-order valence-corrected chi connectivity index (χ1v) is 37.8. The predicted octanol–water partition coefficient (Wildman–Crippen LogP) is 12.1. The van der Waals surface area contributed by atoms with Gasteiger partial charge in [-0.25, -0.2) is 29.9 Å². The van der Waals surface area contributed by atoms with Gasteiger partial charge in [-0.1, -0.05) is 0 Å². The van der Waals surface area contributed by atoms with Gasteiger partial charge in [-0.3, -0.25) is 0 Å². The molecule has 2 N–H and O–H groups in total. The normalized spacial score (nSPS) is 12.6. The van der Waals surface area contributed by atoms with Crippen LogP contribution in [-0.2, 0) is 0 Å². The number of aromatic nitrogens is 8. The van der Waals surface area contributed by atoms with Gasteiger partial charge < -0.3 is 49.2 Å². The Bertz CT molecular complexity index is 3230. The molecule has 88 heavy (non-hydrogen) atoms. The van der Waals surface area contributed by atoms with Gasteiger partial charge in [0, 0.05) is 181 Å². The maximum absolute atomic E-state index is 5.68. The third kappa shape index (κ3) is 18.5. The third-order valence-electron chi connectivity index (χ3n) is 14.5. The van der Waals surface area contributed by atoms with Crippen LogP contribution in [0.2, 0.25) is 0 Å². The number of rotatable bonds is 32. The topological polar surface area (TPSA) is 135 Å². The molecule has 0 saturated heterocycles. The van der Waals surface area contributed by atoms with Crippen LogP contribution in [-0.4, -0.2) is 290 Å². The molecular formula is C64H90N16S8. The van der Waals surface area contributed by atoms with Gasteiger partial charge in [-0.15, -0.1) is 94.1 Å². The van der Waals surface area contributed by atoms with E-state index in [-0.39, 0.29) is 0 Å². The lowest BCUT2D eigenvalue weighted by atomic mass is 10.1. The number of fused-ring (bicyclic) bond motifs is 20. The van der Waals surface area contributed by atoms with Gasteiger partial charge in [-0.05, 0) is 161 Å². The summed E-state index contributed by atoms with van der Waals surface area (Å²) < 4.78 is 0. The van der Waals surface area contributed by atoms with Crippen LogP contribution in [0.5, 0.6) is 0 Å². The Balaban J connectivity index is 1.41. The Morgan fingerprint density at radius 2 is 0.398 bits per heavy atom. The van der Waals surface area contributed by atoms with E-state index in [9.17, 15) is 0 Å². The molecule has 0 fully saturated rings. The first-order chi connectivity index (χ1) is 42.2. The standard InChI is InChI=1S/C64H90N16S8/c1-73(2)17-25-81-49-33-41-42(34-50(49)82-26-18-74(3)4)58-65-57(41)69-59-43-35-51(83-27-19-75(5)6)52(84-28-20-76(7)8)36-44(43)61(66-59)71-63-47-39-55(87-31-23-79(13)14)56(88-32-24-80(15)16)40-48(47)64(68-63)72-62-46-38-54(86-30-22-78(11)12)53(85-29-21-77(9)10)37-45(46)60(67-62)70-58/h33-40H,17-32H2,1-16H3,(H2,65,66,67,68,69,70,71,72). The minimum atomic E-state index is 0.610. The second-order valence-electron chi connectivity index (χ2n) is 24.2. The smallest absolute Gasteiger partial charge is 0.164 e. The van der Waals surface area contributed by atoms with Crippen LogP contribution < -0.4 is 0 Å². The zero-order chi connectivity index (χ0) is 62.8. The minimum absolute atomic E-state index is 0.610. The summed E-state index contributed by atoms with van der Waals surface area (Å²) in [6, 6.07) is 18.7. The van der Waals surface area contributed by atoms with Crippen molar-refractivity contribution in [1.82, 2.24) is 79.1 Å². The zero-order valence-electron chi connectivity index (χ0n) is 54.5. The molecule has 3 aromatic heterocycles. The van der Waals surface area contributed by atoms with E-state index in [1.165, 1.54) is 39.2 Å². The van der Waals surface area contributed by atoms with Gasteiger partial charge in [-0.2, -0.15) is 0 Å². The molecule has 4 aromatic carbocycles. The molecule has 24 heteroatoms. The SMILES string of the molecule is CN(C)CCSc1cc2c(cc1SCCN(C)C)-c1nc-2nc2[nH]c(nc3nc(nc4[nH]c(n1)c1cc(SCCN(C)C)c(SCCN(C)C)cc41)-c1cc(SCCN(C)C)c(SCCN(C)C)cc1-3)c1cc(SCCN(C)C)c(SCCN(C)C)cc21. The molecule has 9 rings (SSSR count). The van der Waals surface area contributed by atoms with Crippen LogP contribution >= 0.6 is 94.1 Å². The fraction of sp³-hybridized carbons (Fsp3) is 0.500. The summed E-state index contributed by atoms with van der Waals surface area (Å²) in [5, 5.41) is 3.93. The van der Waals surface area contributed by atoms with Crippen molar-refractivity contribution < 1.29 is 0 Å². The number of thioether (sulfide) groups is 8. The Kier molecular flexibility index (Phi) is 25.5. The number of nitrogens with zero attached hydrogens (tertiary/aromatic N) is 14. The van der Waals surface area contributed by atoms with E-state index in [0.717, 1.165) is 142 Å². The van der Waals surface area contributed by atoms with Crippen molar-refractivity contribution in [3.63, 3.8) is 0 Å². The Hall–Kier alpha value is -3.28. The van der Waals surface area contributed by atoms with E-state index in [2.05, 4.69) is 210 Å². The number of aromatic amines is 2. The second-order valence-corrected chi connectivity index (χ2v) is 33.3. The number of nitrogens with one attached hydrogen (secondary N) is 2. The van der Waals surface area contributed by atoms with Crippen molar-refractivity contribution in [1.29, 1.82) is 0 Å². The summed E-state index contributed by atoms with van der Waals surface area (Å²) >= 11 is 15.2. The summed E-state index contributed by atoms with van der Waals surface area (Å²) in [7, 11) is 34.3. The maximum atomic E-state index is 5.68. The lowest BCUT2D eigenvalue weighted by Crippen LogP contribution is -2.15. The molecule has 5 heterocycles.